The van der Waals surface area contributed by atoms with Gasteiger partial charge in [-0.15, -0.1) is 0 Å². The number of nitrogens with one attached hydrogen (secondary N) is 2. The van der Waals surface area contributed by atoms with Gasteiger partial charge >= 0.3 is 0 Å². The number of aromatic nitrogens is 2. The van der Waals surface area contributed by atoms with Crippen molar-refractivity contribution in [2.75, 3.05) is 6.54 Å². The van der Waals surface area contributed by atoms with Gasteiger partial charge in [-0.3, -0.25) is 14.5 Å². The number of aromatic amines is 1. The highest BCUT2D eigenvalue weighted by Gasteiger charge is 2.34. The fourth-order valence-electron chi connectivity index (χ4n) is 4.38. The van der Waals surface area contributed by atoms with Crippen LogP contribution in [-0.4, -0.2) is 45.3 Å². The predicted octanol–water partition coefficient (Wildman–Crippen LogP) is 2.57. The highest BCUT2D eigenvalue weighted by Crippen LogP contribution is 2.26. The van der Waals surface area contributed by atoms with E-state index in [-0.39, 0.29) is 11.9 Å². The minimum Gasteiger partial charge on any atom is -0.368 e. The van der Waals surface area contributed by atoms with E-state index in [0.717, 1.165) is 25.2 Å². The number of rotatable bonds is 11. The Kier molecular flexibility index (Phi) is 8.23. The first-order valence-electron chi connectivity index (χ1n) is 11.4. The van der Waals surface area contributed by atoms with Gasteiger partial charge in [-0.05, 0) is 29.9 Å². The van der Waals surface area contributed by atoms with Gasteiger partial charge in [0.05, 0.1) is 12.4 Å². The number of fused-ring (bicyclic) bond motifs is 1. The first-order chi connectivity index (χ1) is 15.0. The van der Waals surface area contributed by atoms with Gasteiger partial charge in [0.15, 0.2) is 0 Å². The predicted molar refractivity (Wildman–Crippen MR) is 121 cm³/mol. The van der Waals surface area contributed by atoms with Crippen LogP contribution in [0.3, 0.4) is 0 Å². The molecule has 7 heteroatoms. The Morgan fingerprint density at radius 1 is 1.29 bits per heavy atom. The first kappa shape index (κ1) is 23.0. The zero-order chi connectivity index (χ0) is 22.2. The maximum atomic E-state index is 13.4. The van der Waals surface area contributed by atoms with Gasteiger partial charge < -0.3 is 16.0 Å². The van der Waals surface area contributed by atoms with E-state index in [1.54, 1.807) is 12.5 Å². The van der Waals surface area contributed by atoms with Crippen molar-refractivity contribution < 1.29 is 9.59 Å². The van der Waals surface area contributed by atoms with E-state index >= 15 is 0 Å². The number of primary amides is 1. The maximum Gasteiger partial charge on any atom is 0.240 e. The monoisotopic (exact) mass is 425 g/mol. The largest absolute Gasteiger partial charge is 0.368 e. The zero-order valence-corrected chi connectivity index (χ0v) is 18.6. The molecule has 3 atom stereocenters. The lowest BCUT2D eigenvalue weighted by molar-refractivity contribution is -0.131. The highest BCUT2D eigenvalue weighted by molar-refractivity contribution is 5.89. The molecule has 7 nitrogen and oxygen atoms in total. The van der Waals surface area contributed by atoms with Gasteiger partial charge in [-0.1, -0.05) is 57.4 Å². The SMILES string of the molecule is CCCCC(CC)CN1Cc2ccccc2CC1C(=O)NC(Cc1cnc[nH]1)C(N)=O. The second-order valence-electron chi connectivity index (χ2n) is 8.58. The number of nitrogens with zero attached hydrogens (tertiary/aromatic N) is 2. The summed E-state index contributed by atoms with van der Waals surface area (Å²) in [4.78, 5) is 34.6. The summed E-state index contributed by atoms with van der Waals surface area (Å²) in [6.07, 6.45) is 8.78. The molecule has 0 fully saturated rings. The van der Waals surface area contributed by atoms with Crippen LogP contribution in [0, 0.1) is 5.92 Å². The van der Waals surface area contributed by atoms with E-state index < -0.39 is 11.9 Å². The molecule has 2 amide bonds. The van der Waals surface area contributed by atoms with Crippen molar-refractivity contribution in [3.63, 3.8) is 0 Å². The molecule has 3 unspecified atom stereocenters. The van der Waals surface area contributed by atoms with Crippen molar-refractivity contribution in [2.24, 2.45) is 11.7 Å². The van der Waals surface area contributed by atoms with Crippen LogP contribution in [0.4, 0.5) is 0 Å². The molecular formula is C24H35N5O2. The Balaban J connectivity index is 1.76. The number of amides is 2. The number of hydrogen-bond acceptors (Lipinski definition) is 4. The lowest BCUT2D eigenvalue weighted by atomic mass is 9.90. The van der Waals surface area contributed by atoms with Crippen LogP contribution < -0.4 is 11.1 Å². The minimum atomic E-state index is -0.769. The van der Waals surface area contributed by atoms with E-state index in [1.807, 2.05) is 6.07 Å². The molecule has 0 spiro atoms. The van der Waals surface area contributed by atoms with Crippen molar-refractivity contribution in [3.05, 3.63) is 53.6 Å². The number of benzene rings is 1. The molecule has 3 rings (SSSR count). The van der Waals surface area contributed by atoms with Gasteiger partial charge in [0, 0.05) is 31.4 Å². The maximum absolute atomic E-state index is 13.4. The Morgan fingerprint density at radius 2 is 2.06 bits per heavy atom. The smallest absolute Gasteiger partial charge is 0.240 e. The van der Waals surface area contributed by atoms with Gasteiger partial charge in [0.2, 0.25) is 11.8 Å². The van der Waals surface area contributed by atoms with Crippen LogP contribution in [0.1, 0.15) is 56.4 Å². The Labute approximate surface area is 184 Å². The topological polar surface area (TPSA) is 104 Å². The summed E-state index contributed by atoms with van der Waals surface area (Å²) in [5, 5.41) is 2.92. The van der Waals surface area contributed by atoms with Crippen LogP contribution in [0.2, 0.25) is 0 Å². The molecule has 0 saturated carbocycles. The lowest BCUT2D eigenvalue weighted by Gasteiger charge is -2.38. The molecular weight excluding hydrogens is 390 g/mol. The normalized spacial score (nSPS) is 18.2. The quantitative estimate of drug-likeness (QED) is 0.515. The van der Waals surface area contributed by atoms with Crippen molar-refractivity contribution in [3.8, 4) is 0 Å². The Bertz CT molecular complexity index is 851. The van der Waals surface area contributed by atoms with Crippen LogP contribution in [-0.2, 0) is 29.0 Å². The third-order valence-electron chi connectivity index (χ3n) is 6.32. The molecule has 0 radical (unpaired) electrons. The zero-order valence-electron chi connectivity index (χ0n) is 18.6. The van der Waals surface area contributed by atoms with E-state index in [2.05, 4.69) is 52.2 Å². The number of unbranched alkanes of at least 4 members (excludes halogenated alkanes) is 1. The molecule has 4 N–H and O–H groups in total. The average Bonchev–Trinajstić information content (AvgIpc) is 3.28. The summed E-state index contributed by atoms with van der Waals surface area (Å²) >= 11 is 0. The molecule has 1 aromatic heterocycles. The van der Waals surface area contributed by atoms with E-state index in [9.17, 15) is 9.59 Å². The molecule has 2 heterocycles. The van der Waals surface area contributed by atoms with Crippen LogP contribution in [0.25, 0.3) is 0 Å². The summed E-state index contributed by atoms with van der Waals surface area (Å²) in [5.74, 6) is -0.124. The fourth-order valence-corrected chi connectivity index (χ4v) is 4.38. The molecule has 2 aromatic rings. The van der Waals surface area contributed by atoms with Crippen LogP contribution in [0.15, 0.2) is 36.8 Å². The number of H-pyrrole nitrogens is 1. The molecule has 0 saturated heterocycles. The summed E-state index contributed by atoms with van der Waals surface area (Å²) in [7, 11) is 0. The Morgan fingerprint density at radius 3 is 2.71 bits per heavy atom. The third kappa shape index (κ3) is 6.17. The molecule has 1 aliphatic heterocycles. The van der Waals surface area contributed by atoms with E-state index in [0.29, 0.717) is 18.8 Å². The molecule has 0 bridgehead atoms. The van der Waals surface area contributed by atoms with Crippen molar-refractivity contribution in [1.82, 2.24) is 20.2 Å². The fraction of sp³-hybridized carbons (Fsp3) is 0.542. The van der Waals surface area contributed by atoms with Crippen LogP contribution in [0.5, 0.6) is 0 Å². The summed E-state index contributed by atoms with van der Waals surface area (Å²) < 4.78 is 0. The molecule has 0 aliphatic carbocycles. The second kappa shape index (κ2) is 11.1. The van der Waals surface area contributed by atoms with Crippen molar-refractivity contribution >= 4 is 11.8 Å². The molecule has 1 aliphatic rings. The van der Waals surface area contributed by atoms with Gasteiger partial charge in [-0.2, -0.15) is 0 Å². The number of hydrogen-bond donors (Lipinski definition) is 3. The van der Waals surface area contributed by atoms with E-state index in [4.69, 9.17) is 5.73 Å². The highest BCUT2D eigenvalue weighted by atomic mass is 16.2. The lowest BCUT2D eigenvalue weighted by Crippen LogP contribution is -2.56. The van der Waals surface area contributed by atoms with Crippen molar-refractivity contribution in [1.29, 1.82) is 0 Å². The third-order valence-corrected chi connectivity index (χ3v) is 6.32. The number of imidazole rings is 1. The first-order valence-corrected chi connectivity index (χ1v) is 11.4. The van der Waals surface area contributed by atoms with Gasteiger partial charge in [0.25, 0.3) is 0 Å². The molecule has 1 aromatic carbocycles. The van der Waals surface area contributed by atoms with Gasteiger partial charge in [-0.25, -0.2) is 4.98 Å². The standard InChI is InChI=1S/C24H35N5O2/c1-3-5-8-17(4-2)14-29-15-19-10-7-6-9-18(19)11-22(29)24(31)28-21(23(25)30)12-20-13-26-16-27-20/h6-7,9-10,13,16-17,21-22H,3-5,8,11-12,14-15H2,1-2H3,(H2,25,30)(H,26,27)(H,28,31). The summed E-state index contributed by atoms with van der Waals surface area (Å²) in [6.45, 7) is 6.06. The second-order valence-corrected chi connectivity index (χ2v) is 8.58. The molecule has 31 heavy (non-hydrogen) atoms. The summed E-state index contributed by atoms with van der Waals surface area (Å²) in [6, 6.07) is 7.23. The average molecular weight is 426 g/mol. The minimum absolute atomic E-state index is 0.136. The van der Waals surface area contributed by atoms with Gasteiger partial charge in [0.1, 0.15) is 6.04 Å². The summed E-state index contributed by atoms with van der Waals surface area (Å²) in [5.41, 5.74) is 8.84. The molecule has 168 valence electrons. The number of nitrogens with two attached hydrogens (primary N) is 1. The number of carbonyl (C=O) groups excluding carboxylic acids is 2. The van der Waals surface area contributed by atoms with E-state index in [1.165, 1.54) is 30.4 Å². The number of carbonyl (C=O) groups is 2. The van der Waals surface area contributed by atoms with Crippen molar-refractivity contribution in [2.45, 2.75) is 71.0 Å². The Hall–Kier alpha value is -2.67. The van der Waals surface area contributed by atoms with Crippen LogP contribution >= 0.6 is 0 Å².